The standard InChI is InChI=1S/C14H19N3O3/c1-2-3-6-17(7-8-18)14(19)12-10-11(15-16-12)13-5-4-9-20-13/h4-5,9-10,18H,2-3,6-8H2,1H3,(H,15,16). The highest BCUT2D eigenvalue weighted by Crippen LogP contribution is 2.18. The largest absolute Gasteiger partial charge is 0.463 e. The molecule has 1 amide bonds. The van der Waals surface area contributed by atoms with Crippen molar-refractivity contribution in [2.75, 3.05) is 19.7 Å². The zero-order valence-corrected chi connectivity index (χ0v) is 11.5. The van der Waals surface area contributed by atoms with Crippen molar-refractivity contribution in [3.05, 3.63) is 30.2 Å². The van der Waals surface area contributed by atoms with Crippen LogP contribution < -0.4 is 0 Å². The number of carbonyl (C=O) groups excluding carboxylic acids is 1. The maximum absolute atomic E-state index is 12.3. The molecule has 0 atom stereocenters. The van der Waals surface area contributed by atoms with Crippen LogP contribution in [0.1, 0.15) is 30.3 Å². The number of rotatable bonds is 7. The van der Waals surface area contributed by atoms with Crippen LogP contribution in [-0.2, 0) is 0 Å². The van der Waals surface area contributed by atoms with Crippen molar-refractivity contribution in [3.8, 4) is 11.5 Å². The Hall–Kier alpha value is -2.08. The van der Waals surface area contributed by atoms with Gasteiger partial charge < -0.3 is 14.4 Å². The summed E-state index contributed by atoms with van der Waals surface area (Å²) in [7, 11) is 0. The first kappa shape index (κ1) is 14.3. The van der Waals surface area contributed by atoms with Crippen molar-refractivity contribution in [1.29, 1.82) is 0 Å². The van der Waals surface area contributed by atoms with Crippen LogP contribution in [0.3, 0.4) is 0 Å². The van der Waals surface area contributed by atoms with Gasteiger partial charge >= 0.3 is 0 Å². The smallest absolute Gasteiger partial charge is 0.274 e. The fourth-order valence-corrected chi connectivity index (χ4v) is 1.94. The number of furan rings is 1. The molecule has 0 aliphatic rings. The maximum atomic E-state index is 12.3. The molecule has 2 aromatic heterocycles. The van der Waals surface area contributed by atoms with Gasteiger partial charge in [-0.1, -0.05) is 13.3 Å². The number of aliphatic hydroxyl groups excluding tert-OH is 1. The lowest BCUT2D eigenvalue weighted by atomic mass is 10.2. The van der Waals surface area contributed by atoms with Crippen LogP contribution in [0.5, 0.6) is 0 Å². The van der Waals surface area contributed by atoms with E-state index < -0.39 is 0 Å². The van der Waals surface area contributed by atoms with Crippen molar-refractivity contribution >= 4 is 5.91 Å². The number of hydrogen-bond acceptors (Lipinski definition) is 4. The van der Waals surface area contributed by atoms with Gasteiger partial charge in [0.2, 0.25) is 0 Å². The first-order valence-corrected chi connectivity index (χ1v) is 6.75. The Bertz CT molecular complexity index is 534. The zero-order valence-electron chi connectivity index (χ0n) is 11.5. The molecule has 0 fully saturated rings. The van der Waals surface area contributed by atoms with E-state index in [2.05, 4.69) is 17.1 Å². The van der Waals surface area contributed by atoms with Crippen LogP contribution in [0.15, 0.2) is 28.9 Å². The summed E-state index contributed by atoms with van der Waals surface area (Å²) < 4.78 is 5.25. The second-order valence-corrected chi connectivity index (χ2v) is 4.51. The summed E-state index contributed by atoms with van der Waals surface area (Å²) >= 11 is 0. The van der Waals surface area contributed by atoms with Gasteiger partial charge in [0.1, 0.15) is 5.69 Å². The molecule has 0 aliphatic heterocycles. The number of carbonyl (C=O) groups is 1. The molecule has 2 N–H and O–H groups in total. The molecular weight excluding hydrogens is 258 g/mol. The molecule has 0 saturated carbocycles. The fraction of sp³-hybridized carbons (Fsp3) is 0.429. The number of nitrogens with one attached hydrogen (secondary N) is 1. The molecule has 0 radical (unpaired) electrons. The van der Waals surface area contributed by atoms with E-state index in [-0.39, 0.29) is 12.5 Å². The van der Waals surface area contributed by atoms with Crippen LogP contribution >= 0.6 is 0 Å². The van der Waals surface area contributed by atoms with Crippen molar-refractivity contribution in [3.63, 3.8) is 0 Å². The number of unbranched alkanes of at least 4 members (excludes halogenated alkanes) is 1. The molecule has 2 aromatic rings. The van der Waals surface area contributed by atoms with E-state index in [4.69, 9.17) is 9.52 Å². The lowest BCUT2D eigenvalue weighted by Crippen LogP contribution is -2.34. The van der Waals surface area contributed by atoms with E-state index in [0.717, 1.165) is 12.8 Å². The lowest BCUT2D eigenvalue weighted by molar-refractivity contribution is 0.0713. The molecule has 0 unspecified atom stereocenters. The van der Waals surface area contributed by atoms with Gasteiger partial charge in [0.05, 0.1) is 12.9 Å². The first-order chi connectivity index (χ1) is 9.76. The number of H-pyrrole nitrogens is 1. The Labute approximate surface area is 117 Å². The molecule has 0 aromatic carbocycles. The average molecular weight is 277 g/mol. The molecule has 2 heterocycles. The number of aliphatic hydroxyl groups is 1. The summed E-state index contributed by atoms with van der Waals surface area (Å²) in [5, 5.41) is 15.9. The summed E-state index contributed by atoms with van der Waals surface area (Å²) in [5.74, 6) is 0.459. The molecule has 0 saturated heterocycles. The number of aromatic nitrogens is 2. The maximum Gasteiger partial charge on any atom is 0.274 e. The number of amides is 1. The first-order valence-electron chi connectivity index (χ1n) is 6.75. The molecule has 108 valence electrons. The Balaban J connectivity index is 2.10. The van der Waals surface area contributed by atoms with Gasteiger partial charge in [0, 0.05) is 19.2 Å². The molecule has 20 heavy (non-hydrogen) atoms. The van der Waals surface area contributed by atoms with Crippen molar-refractivity contribution < 1.29 is 14.3 Å². The number of nitrogens with zero attached hydrogens (tertiary/aromatic N) is 2. The Morgan fingerprint density at radius 2 is 2.35 bits per heavy atom. The normalized spacial score (nSPS) is 10.7. The van der Waals surface area contributed by atoms with Crippen molar-refractivity contribution in [2.45, 2.75) is 19.8 Å². The minimum absolute atomic E-state index is 0.0507. The Morgan fingerprint density at radius 1 is 1.50 bits per heavy atom. The van der Waals surface area contributed by atoms with Gasteiger partial charge in [-0.25, -0.2) is 0 Å². The fourth-order valence-electron chi connectivity index (χ4n) is 1.94. The van der Waals surface area contributed by atoms with E-state index in [9.17, 15) is 4.79 Å². The minimum Gasteiger partial charge on any atom is -0.463 e. The predicted molar refractivity (Wildman–Crippen MR) is 74.2 cm³/mol. The molecule has 0 aliphatic carbocycles. The van der Waals surface area contributed by atoms with Crippen LogP contribution in [0.2, 0.25) is 0 Å². The monoisotopic (exact) mass is 277 g/mol. The lowest BCUT2D eigenvalue weighted by Gasteiger charge is -2.20. The summed E-state index contributed by atoms with van der Waals surface area (Å²) in [6.45, 7) is 2.96. The van der Waals surface area contributed by atoms with Gasteiger partial charge in [0.25, 0.3) is 5.91 Å². The topological polar surface area (TPSA) is 82.4 Å². The summed E-state index contributed by atoms with van der Waals surface area (Å²) in [5.41, 5.74) is 0.999. The van der Waals surface area contributed by atoms with Crippen LogP contribution in [0, 0.1) is 0 Å². The van der Waals surface area contributed by atoms with Crippen LogP contribution in [-0.4, -0.2) is 45.8 Å². The van der Waals surface area contributed by atoms with E-state index in [0.29, 0.717) is 30.2 Å². The van der Waals surface area contributed by atoms with E-state index in [1.807, 2.05) is 0 Å². The second kappa shape index (κ2) is 6.91. The zero-order chi connectivity index (χ0) is 14.4. The predicted octanol–water partition coefficient (Wildman–Crippen LogP) is 1.90. The number of hydrogen-bond donors (Lipinski definition) is 2. The SMILES string of the molecule is CCCCN(CCO)C(=O)c1cc(-c2ccco2)[nH]n1. The third kappa shape index (κ3) is 3.27. The van der Waals surface area contributed by atoms with Crippen LogP contribution in [0.25, 0.3) is 11.5 Å². The minimum atomic E-state index is -0.179. The molecule has 0 spiro atoms. The highest BCUT2D eigenvalue weighted by molar-refractivity contribution is 5.93. The summed E-state index contributed by atoms with van der Waals surface area (Å²) in [6.07, 6.45) is 3.46. The summed E-state index contributed by atoms with van der Waals surface area (Å²) in [4.78, 5) is 13.9. The highest BCUT2D eigenvalue weighted by Gasteiger charge is 2.18. The van der Waals surface area contributed by atoms with E-state index in [1.54, 1.807) is 29.4 Å². The third-order valence-corrected chi connectivity index (χ3v) is 3.02. The quantitative estimate of drug-likeness (QED) is 0.809. The van der Waals surface area contributed by atoms with Gasteiger partial charge in [-0.05, 0) is 18.6 Å². The molecule has 2 rings (SSSR count). The van der Waals surface area contributed by atoms with Gasteiger partial charge in [-0.3, -0.25) is 9.89 Å². The Morgan fingerprint density at radius 3 is 3.00 bits per heavy atom. The number of aromatic amines is 1. The molecule has 0 bridgehead atoms. The van der Waals surface area contributed by atoms with Crippen molar-refractivity contribution in [2.24, 2.45) is 0 Å². The average Bonchev–Trinajstić information content (AvgIpc) is 3.12. The third-order valence-electron chi connectivity index (χ3n) is 3.02. The van der Waals surface area contributed by atoms with Gasteiger partial charge in [0.15, 0.2) is 11.5 Å². The van der Waals surface area contributed by atoms with Crippen LogP contribution in [0.4, 0.5) is 0 Å². The van der Waals surface area contributed by atoms with Crippen molar-refractivity contribution in [1.82, 2.24) is 15.1 Å². The van der Waals surface area contributed by atoms with E-state index in [1.165, 1.54) is 0 Å². The summed E-state index contributed by atoms with van der Waals surface area (Å²) in [6, 6.07) is 5.23. The molecular formula is C14H19N3O3. The molecule has 6 nitrogen and oxygen atoms in total. The molecule has 6 heteroatoms. The Kier molecular flexibility index (Phi) is 4.95. The van der Waals surface area contributed by atoms with Gasteiger partial charge in [-0.2, -0.15) is 5.10 Å². The second-order valence-electron chi connectivity index (χ2n) is 4.51. The van der Waals surface area contributed by atoms with Gasteiger partial charge in [-0.15, -0.1) is 0 Å². The highest BCUT2D eigenvalue weighted by atomic mass is 16.3. The van der Waals surface area contributed by atoms with E-state index >= 15 is 0 Å².